The Hall–Kier alpha value is -8.34. The summed E-state index contributed by atoms with van der Waals surface area (Å²) in [5.41, 5.74) is 14.8. The first-order valence-corrected chi connectivity index (χ1v) is 23.0. The van der Waals surface area contributed by atoms with E-state index in [1.807, 2.05) is 12.2 Å². The lowest BCUT2D eigenvalue weighted by Crippen LogP contribution is -2.23. The molecule has 7 aromatic carbocycles. The number of hydrogen-bond donors (Lipinski definition) is 0. The van der Waals surface area contributed by atoms with Crippen LogP contribution in [-0.4, -0.2) is 19.6 Å². The molecule has 0 aliphatic carbocycles. The quantitative estimate of drug-likeness (QED) is 0.101. The molecule has 0 bridgehead atoms. The van der Waals surface area contributed by atoms with Gasteiger partial charge >= 0.3 is 0 Å². The monoisotopic (exact) mass is 870 g/mol. The van der Waals surface area contributed by atoms with E-state index in [1.165, 1.54) is 16.8 Å². The number of allylic oxidation sites excluding steroid dienone is 12. The van der Waals surface area contributed by atoms with E-state index in [1.54, 1.807) is 6.08 Å². The van der Waals surface area contributed by atoms with Crippen LogP contribution in [0.1, 0.15) is 13.8 Å². The van der Waals surface area contributed by atoms with Crippen molar-refractivity contribution in [3.63, 3.8) is 0 Å². The molecule has 4 nitrogen and oxygen atoms in total. The van der Waals surface area contributed by atoms with Crippen LogP contribution in [0.3, 0.4) is 0 Å². The molecule has 0 atom stereocenters. The molecule has 4 heteroatoms. The number of para-hydroxylation sites is 3. The first-order chi connectivity index (χ1) is 33.1. The lowest BCUT2D eigenvalue weighted by atomic mass is 10.0. The molecule has 1 aliphatic rings. The maximum absolute atomic E-state index is 3.82. The molecule has 8 rings (SSSR count). The minimum absolute atomic E-state index is 0.693. The van der Waals surface area contributed by atoms with E-state index in [0.717, 1.165) is 69.7 Å². The van der Waals surface area contributed by atoms with Crippen LogP contribution in [0, 0.1) is 0 Å². The number of anilines is 9. The van der Waals surface area contributed by atoms with Gasteiger partial charge in [-0.05, 0) is 145 Å². The third-order valence-corrected chi connectivity index (χ3v) is 11.8. The van der Waals surface area contributed by atoms with Crippen molar-refractivity contribution in [2.75, 3.05) is 39.2 Å². The Morgan fingerprint density at radius 2 is 0.881 bits per heavy atom. The molecule has 0 spiro atoms. The van der Waals surface area contributed by atoms with E-state index in [0.29, 0.717) is 6.54 Å². The Bertz CT molecular complexity index is 2810. The summed E-state index contributed by atoms with van der Waals surface area (Å²) in [4.78, 5) is 9.36. The Morgan fingerprint density at radius 1 is 0.433 bits per heavy atom. The molecule has 0 amide bonds. The van der Waals surface area contributed by atoms with E-state index in [2.05, 4.69) is 289 Å². The molecule has 1 heterocycles. The van der Waals surface area contributed by atoms with Crippen molar-refractivity contribution in [3.8, 4) is 11.1 Å². The second kappa shape index (κ2) is 23.0. The molecule has 330 valence electrons. The molecule has 0 saturated heterocycles. The summed E-state index contributed by atoms with van der Waals surface area (Å²) in [7, 11) is 0. The average molecular weight is 871 g/mol. The molecule has 0 N–H and O–H groups in total. The molecular formula is C63H58N4. The largest absolute Gasteiger partial charge is 0.364 e. The number of rotatable bonds is 14. The normalized spacial score (nSPS) is 16.1. The zero-order valence-corrected chi connectivity index (χ0v) is 38.5. The van der Waals surface area contributed by atoms with E-state index < -0.39 is 0 Å². The van der Waals surface area contributed by atoms with Gasteiger partial charge in [0, 0.05) is 70.8 Å². The summed E-state index contributed by atoms with van der Waals surface area (Å²) in [6.45, 7) is 10.4. The molecule has 0 aromatic heterocycles. The summed E-state index contributed by atoms with van der Waals surface area (Å²) in [6, 6.07) is 67.2. The third kappa shape index (κ3) is 11.9. The summed E-state index contributed by atoms with van der Waals surface area (Å²) in [5, 5.41) is 0. The van der Waals surface area contributed by atoms with Crippen molar-refractivity contribution >= 4 is 51.2 Å². The van der Waals surface area contributed by atoms with Crippen molar-refractivity contribution in [2.45, 2.75) is 13.8 Å². The topological polar surface area (TPSA) is 13.0 Å². The Balaban J connectivity index is 1.06. The minimum Gasteiger partial charge on any atom is -0.364 e. The molecule has 0 fully saturated rings. The fourth-order valence-corrected chi connectivity index (χ4v) is 8.11. The van der Waals surface area contributed by atoms with Gasteiger partial charge in [0.25, 0.3) is 0 Å². The highest BCUT2D eigenvalue weighted by molar-refractivity contribution is 5.82. The maximum atomic E-state index is 3.82. The van der Waals surface area contributed by atoms with E-state index in [4.69, 9.17) is 0 Å². The highest BCUT2D eigenvalue weighted by atomic mass is 15.2. The van der Waals surface area contributed by atoms with E-state index >= 15 is 0 Å². The van der Waals surface area contributed by atoms with Crippen molar-refractivity contribution in [1.82, 2.24) is 0 Å². The number of benzene rings is 7. The summed E-state index contributed by atoms with van der Waals surface area (Å²) < 4.78 is 0. The average Bonchev–Trinajstić information content (AvgIpc) is 3.40. The molecule has 7 aromatic rings. The van der Waals surface area contributed by atoms with Gasteiger partial charge in [-0.2, -0.15) is 0 Å². The second-order valence-corrected chi connectivity index (χ2v) is 16.3. The highest BCUT2D eigenvalue weighted by Crippen LogP contribution is 2.39. The molecule has 67 heavy (non-hydrogen) atoms. The zero-order valence-electron chi connectivity index (χ0n) is 38.5. The van der Waals surface area contributed by atoms with Crippen LogP contribution in [0.15, 0.2) is 285 Å². The van der Waals surface area contributed by atoms with E-state index in [-0.39, 0.29) is 0 Å². The van der Waals surface area contributed by atoms with Crippen LogP contribution in [0.25, 0.3) is 11.1 Å². The summed E-state index contributed by atoms with van der Waals surface area (Å²) in [5.74, 6) is 0. The maximum Gasteiger partial charge on any atom is 0.0467 e. The first-order valence-electron chi connectivity index (χ1n) is 23.0. The van der Waals surface area contributed by atoms with Gasteiger partial charge in [-0.1, -0.05) is 164 Å². The van der Waals surface area contributed by atoms with Crippen LogP contribution in [0.2, 0.25) is 0 Å². The Morgan fingerprint density at radius 3 is 1.40 bits per heavy atom. The van der Waals surface area contributed by atoms with Gasteiger partial charge in [0.15, 0.2) is 0 Å². The summed E-state index contributed by atoms with van der Waals surface area (Å²) in [6.07, 6.45) is 27.3. The summed E-state index contributed by atoms with van der Waals surface area (Å²) >= 11 is 0. The Kier molecular flexibility index (Phi) is 15.5. The van der Waals surface area contributed by atoms with Gasteiger partial charge in [-0.25, -0.2) is 0 Å². The van der Waals surface area contributed by atoms with Crippen LogP contribution in [0.4, 0.5) is 51.2 Å². The fraction of sp³-hybridized carbons (Fsp3) is 0.0794. The third-order valence-electron chi connectivity index (χ3n) is 11.8. The van der Waals surface area contributed by atoms with Gasteiger partial charge in [-0.3, -0.25) is 0 Å². The molecule has 0 radical (unpaired) electrons. The van der Waals surface area contributed by atoms with Crippen LogP contribution < -0.4 is 19.6 Å². The molecule has 0 unspecified atom stereocenters. The van der Waals surface area contributed by atoms with Crippen molar-refractivity contribution < 1.29 is 0 Å². The number of hydrogen-bond acceptors (Lipinski definition) is 4. The SMILES string of the molecule is C=C/C=C\C=C/CN(c1ccc(-c2cccc(N(c3ccccc3)c3ccc(N4C\C=C/C=C\C(C)=C(C)/C=C\C=C\C4)cc3)c2)cc1)c1ccc(N(c2ccccc2)c2ccccc2)cc1. The first kappa shape index (κ1) is 45.2. The Labute approximate surface area is 398 Å². The van der Waals surface area contributed by atoms with Crippen molar-refractivity contribution in [3.05, 3.63) is 285 Å². The predicted molar refractivity (Wildman–Crippen MR) is 290 cm³/mol. The van der Waals surface area contributed by atoms with Crippen molar-refractivity contribution in [1.29, 1.82) is 0 Å². The van der Waals surface area contributed by atoms with Gasteiger partial charge in [0.1, 0.15) is 0 Å². The zero-order chi connectivity index (χ0) is 46.0. The fourth-order valence-electron chi connectivity index (χ4n) is 8.11. The molecule has 1 aliphatic heterocycles. The van der Waals surface area contributed by atoms with E-state index in [9.17, 15) is 0 Å². The lowest BCUT2D eigenvalue weighted by molar-refractivity contribution is 0.954. The lowest BCUT2D eigenvalue weighted by Gasteiger charge is -2.28. The predicted octanol–water partition coefficient (Wildman–Crippen LogP) is 17.1. The van der Waals surface area contributed by atoms with Gasteiger partial charge in [-0.15, -0.1) is 0 Å². The van der Waals surface area contributed by atoms with Crippen LogP contribution in [0.5, 0.6) is 0 Å². The van der Waals surface area contributed by atoms with Crippen LogP contribution in [-0.2, 0) is 0 Å². The van der Waals surface area contributed by atoms with Gasteiger partial charge < -0.3 is 19.6 Å². The molecule has 0 saturated carbocycles. The minimum atomic E-state index is 0.693. The van der Waals surface area contributed by atoms with Gasteiger partial charge in [0.05, 0.1) is 0 Å². The van der Waals surface area contributed by atoms with Crippen molar-refractivity contribution in [2.24, 2.45) is 0 Å². The van der Waals surface area contributed by atoms with Crippen LogP contribution >= 0.6 is 0 Å². The highest BCUT2D eigenvalue weighted by Gasteiger charge is 2.17. The number of nitrogens with zero attached hydrogens (tertiary/aromatic N) is 4. The standard InChI is InChI=1S/C63H58N4/c1-4-5-6-7-23-49-65(57-41-45-61(46-42-57)66(58-28-15-8-16-29-58)59-30-17-9-18-31-59)56-37-35-53(36-38-56)54-27-24-34-63(50-54)67(60-32-19-10-20-33-60)62-43-39-55(40-44-62)64-47-21-11-13-25-51(2)52(3)26-14-12-22-48-64/h4-46,50H,1,47-49H2,2-3H3/b6-5-,21-11-,22-12+,23-7-,25-13-,26-14-,52-51-. The van der Waals surface area contributed by atoms with Gasteiger partial charge in [0.2, 0.25) is 0 Å². The smallest absolute Gasteiger partial charge is 0.0467 e. The molecular weight excluding hydrogens is 813 g/mol. The second-order valence-electron chi connectivity index (χ2n) is 16.3.